The number of hydrazone groups is 1. The number of aryl methyl sites for hydroxylation is 1. The van der Waals surface area contributed by atoms with E-state index in [4.69, 9.17) is 29.0 Å². The van der Waals surface area contributed by atoms with Crippen molar-refractivity contribution in [3.05, 3.63) is 87.2 Å². The molecule has 0 saturated heterocycles. The first-order chi connectivity index (χ1) is 18.1. The zero-order valence-electron chi connectivity index (χ0n) is 19.7. The Bertz CT molecular complexity index is 1610. The first kappa shape index (κ1) is 25.4. The van der Waals surface area contributed by atoms with Gasteiger partial charge in [-0.3, -0.25) is 9.80 Å². The number of hydrazine groups is 1. The lowest BCUT2D eigenvalue weighted by atomic mass is 10.0. The third-order valence-corrected chi connectivity index (χ3v) is 6.69. The number of nitrogens with two attached hydrogens (primary N) is 3. The molecular formula is C25H22ClF3N8O. The SMILES string of the molecule is N/N=C\N(N)c1ccc(Cl)cc1-c1cc2n(c(=O)c1)C(c1ncc(-c3ccc(N)c(C(F)(F)F)c3)[nH]1)CC2. The second-order valence-electron chi connectivity index (χ2n) is 8.81. The summed E-state index contributed by atoms with van der Waals surface area (Å²) in [5.41, 5.74) is 7.18. The minimum absolute atomic E-state index is 0.271. The van der Waals surface area contributed by atoms with Crippen molar-refractivity contribution in [3.63, 3.8) is 0 Å². The van der Waals surface area contributed by atoms with Crippen LogP contribution in [0, 0.1) is 0 Å². The number of hydrogen-bond acceptors (Lipinski definition) is 6. The summed E-state index contributed by atoms with van der Waals surface area (Å²) in [6.07, 6.45) is -0.746. The van der Waals surface area contributed by atoms with Crippen LogP contribution in [0.2, 0.25) is 5.02 Å². The Morgan fingerprint density at radius 1 is 1.16 bits per heavy atom. The Kier molecular flexibility index (Phi) is 6.37. The van der Waals surface area contributed by atoms with Crippen molar-refractivity contribution >= 4 is 29.3 Å². The molecule has 0 amide bonds. The highest BCUT2D eigenvalue weighted by atomic mass is 35.5. The van der Waals surface area contributed by atoms with Crippen LogP contribution in [0.1, 0.15) is 29.5 Å². The lowest BCUT2D eigenvalue weighted by Gasteiger charge is -2.18. The predicted octanol–water partition coefficient (Wildman–Crippen LogP) is 4.28. The molecule has 38 heavy (non-hydrogen) atoms. The zero-order chi connectivity index (χ0) is 27.2. The Morgan fingerprint density at radius 3 is 2.68 bits per heavy atom. The molecule has 1 atom stereocenters. The highest BCUT2D eigenvalue weighted by Gasteiger charge is 2.33. The molecule has 9 nitrogen and oxygen atoms in total. The van der Waals surface area contributed by atoms with E-state index in [9.17, 15) is 18.0 Å². The fraction of sp³-hybridized carbons (Fsp3) is 0.160. The summed E-state index contributed by atoms with van der Waals surface area (Å²) in [5.74, 6) is 11.7. The number of fused-ring (bicyclic) bond motifs is 1. The monoisotopic (exact) mass is 542 g/mol. The van der Waals surface area contributed by atoms with Crippen LogP contribution in [0.3, 0.4) is 0 Å². The van der Waals surface area contributed by atoms with Crippen molar-refractivity contribution in [1.29, 1.82) is 0 Å². The maximum Gasteiger partial charge on any atom is 0.418 e. The molecule has 0 fully saturated rings. The number of anilines is 2. The largest absolute Gasteiger partial charge is 0.418 e. The minimum Gasteiger partial charge on any atom is -0.398 e. The number of imidazole rings is 1. The van der Waals surface area contributed by atoms with Crippen molar-refractivity contribution in [2.45, 2.75) is 25.1 Å². The third-order valence-electron chi connectivity index (χ3n) is 6.45. The fourth-order valence-corrected chi connectivity index (χ4v) is 4.90. The number of benzene rings is 2. The summed E-state index contributed by atoms with van der Waals surface area (Å²) in [7, 11) is 0. The average molecular weight is 543 g/mol. The van der Waals surface area contributed by atoms with E-state index < -0.39 is 17.8 Å². The van der Waals surface area contributed by atoms with E-state index >= 15 is 0 Å². The van der Waals surface area contributed by atoms with E-state index in [0.29, 0.717) is 46.2 Å². The minimum atomic E-state index is -4.58. The Labute approximate surface area is 219 Å². The number of nitrogen functional groups attached to an aromatic ring is 1. The molecular weight excluding hydrogens is 521 g/mol. The van der Waals surface area contributed by atoms with E-state index in [2.05, 4.69) is 15.1 Å². The molecule has 2 aromatic heterocycles. The number of aromatic nitrogens is 3. The van der Waals surface area contributed by atoms with Crippen LogP contribution in [-0.4, -0.2) is 20.9 Å². The summed E-state index contributed by atoms with van der Waals surface area (Å²) >= 11 is 6.22. The highest BCUT2D eigenvalue weighted by Crippen LogP contribution is 2.38. The first-order valence-electron chi connectivity index (χ1n) is 11.4. The van der Waals surface area contributed by atoms with Gasteiger partial charge in [-0.1, -0.05) is 17.7 Å². The summed E-state index contributed by atoms with van der Waals surface area (Å²) in [6, 6.07) is 11.7. The summed E-state index contributed by atoms with van der Waals surface area (Å²) in [4.78, 5) is 20.8. The lowest BCUT2D eigenvalue weighted by Crippen LogP contribution is -2.30. The maximum atomic E-state index is 13.3. The lowest BCUT2D eigenvalue weighted by molar-refractivity contribution is -0.136. The molecule has 3 heterocycles. The van der Waals surface area contributed by atoms with Crippen LogP contribution in [0.25, 0.3) is 22.4 Å². The Hall–Kier alpha value is -4.29. The van der Waals surface area contributed by atoms with E-state index in [1.165, 1.54) is 35.7 Å². The molecule has 0 saturated carbocycles. The van der Waals surface area contributed by atoms with Crippen molar-refractivity contribution in [2.24, 2.45) is 16.8 Å². The van der Waals surface area contributed by atoms with E-state index in [-0.39, 0.29) is 16.8 Å². The third kappa shape index (κ3) is 4.59. The predicted molar refractivity (Wildman–Crippen MR) is 140 cm³/mol. The normalized spacial score (nSPS) is 15.2. The fourth-order valence-electron chi connectivity index (χ4n) is 4.73. The second-order valence-corrected chi connectivity index (χ2v) is 9.25. The number of rotatable bonds is 5. The molecule has 7 N–H and O–H groups in total. The van der Waals surface area contributed by atoms with Gasteiger partial charge in [0.15, 0.2) is 0 Å². The van der Waals surface area contributed by atoms with Gasteiger partial charge >= 0.3 is 6.18 Å². The molecule has 0 bridgehead atoms. The molecule has 0 aliphatic carbocycles. The van der Waals surface area contributed by atoms with Gasteiger partial charge in [-0.2, -0.15) is 18.3 Å². The second kappa shape index (κ2) is 9.54. The van der Waals surface area contributed by atoms with Crippen molar-refractivity contribution in [1.82, 2.24) is 14.5 Å². The maximum absolute atomic E-state index is 13.3. The quantitative estimate of drug-likeness (QED) is 0.0974. The van der Waals surface area contributed by atoms with Gasteiger partial charge in [0.2, 0.25) is 0 Å². The molecule has 4 aromatic rings. The Morgan fingerprint density at radius 2 is 1.95 bits per heavy atom. The van der Waals surface area contributed by atoms with Gasteiger partial charge in [-0.25, -0.2) is 10.8 Å². The standard InChI is InChI=1S/C25H22ClF3N8O/c26-15-2-5-21(36(32)12-34-31)17(10-15)14-7-16-3-6-22(37(16)23(38)9-14)24-33-11-20(35-24)13-1-4-19(30)18(8-13)25(27,28)29/h1-2,4-5,7-12,22H,3,6,30-32H2,(H,33,35)/b34-12-. The van der Waals surface area contributed by atoms with Crippen LogP contribution in [-0.2, 0) is 12.6 Å². The number of halogens is 4. The van der Waals surface area contributed by atoms with Crippen LogP contribution < -0.4 is 28.0 Å². The summed E-state index contributed by atoms with van der Waals surface area (Å²) in [5, 5.41) is 5.12. The van der Waals surface area contributed by atoms with E-state index in [1.807, 2.05) is 6.07 Å². The van der Waals surface area contributed by atoms with Gasteiger partial charge in [-0.05, 0) is 54.8 Å². The van der Waals surface area contributed by atoms with E-state index in [1.54, 1.807) is 22.8 Å². The summed E-state index contributed by atoms with van der Waals surface area (Å²) in [6.45, 7) is 0. The Balaban J connectivity index is 1.51. The molecule has 1 aliphatic rings. The summed E-state index contributed by atoms with van der Waals surface area (Å²) < 4.78 is 41.6. The number of nitrogens with one attached hydrogen (secondary N) is 1. The number of H-pyrrole nitrogens is 1. The van der Waals surface area contributed by atoms with Gasteiger partial charge in [0, 0.05) is 33.6 Å². The van der Waals surface area contributed by atoms with Gasteiger partial charge < -0.3 is 21.1 Å². The first-order valence-corrected chi connectivity index (χ1v) is 11.8. The number of nitrogens with zero attached hydrogens (tertiary/aromatic N) is 4. The highest BCUT2D eigenvalue weighted by molar-refractivity contribution is 6.31. The molecule has 196 valence electrons. The van der Waals surface area contributed by atoms with Crippen LogP contribution in [0.5, 0.6) is 0 Å². The topological polar surface area (TPSA) is 144 Å². The molecule has 1 aliphatic heterocycles. The molecule has 1 unspecified atom stereocenters. The van der Waals surface area contributed by atoms with Gasteiger partial charge in [0.25, 0.3) is 5.56 Å². The van der Waals surface area contributed by atoms with Crippen molar-refractivity contribution in [3.8, 4) is 22.4 Å². The molecule has 0 spiro atoms. The van der Waals surface area contributed by atoms with Crippen LogP contribution in [0.4, 0.5) is 24.5 Å². The number of alkyl halides is 3. The molecule has 2 aromatic carbocycles. The van der Waals surface area contributed by atoms with Crippen molar-refractivity contribution < 1.29 is 13.2 Å². The van der Waals surface area contributed by atoms with Crippen LogP contribution >= 0.6 is 11.6 Å². The van der Waals surface area contributed by atoms with Gasteiger partial charge in [-0.15, -0.1) is 0 Å². The smallest absolute Gasteiger partial charge is 0.398 e. The number of hydrogen-bond donors (Lipinski definition) is 4. The van der Waals surface area contributed by atoms with Gasteiger partial charge in [0.1, 0.15) is 12.2 Å². The van der Waals surface area contributed by atoms with Gasteiger partial charge in [0.05, 0.1) is 29.2 Å². The molecule has 0 radical (unpaired) electrons. The average Bonchev–Trinajstić information content (AvgIpc) is 3.51. The van der Waals surface area contributed by atoms with Crippen LogP contribution in [0.15, 0.2) is 64.6 Å². The molecule has 13 heteroatoms. The molecule has 5 rings (SSSR count). The number of aromatic amines is 1. The van der Waals surface area contributed by atoms with E-state index in [0.717, 1.165) is 11.8 Å². The van der Waals surface area contributed by atoms with Crippen molar-refractivity contribution in [2.75, 3.05) is 10.7 Å². The number of pyridine rings is 1. The zero-order valence-corrected chi connectivity index (χ0v) is 20.5.